The molecule has 0 aliphatic carbocycles. The van der Waals surface area contributed by atoms with Gasteiger partial charge in [0, 0.05) is 6.20 Å². The number of halogens is 1. The van der Waals surface area contributed by atoms with Crippen molar-refractivity contribution in [3.8, 4) is 6.07 Å². The van der Waals surface area contributed by atoms with E-state index in [2.05, 4.69) is 0 Å². The molecule has 0 bridgehead atoms. The van der Waals surface area contributed by atoms with Crippen LogP contribution in [-0.2, 0) is 6.54 Å². The van der Waals surface area contributed by atoms with Gasteiger partial charge in [-0.15, -0.1) is 11.6 Å². The summed E-state index contributed by atoms with van der Waals surface area (Å²) in [5, 5.41) is 17.8. The lowest BCUT2D eigenvalue weighted by atomic mass is 10.3. The van der Waals surface area contributed by atoms with Gasteiger partial charge in [0.05, 0.1) is 18.5 Å². The molecule has 1 rings (SSSR count). The van der Waals surface area contributed by atoms with E-state index in [0.29, 0.717) is 0 Å². The summed E-state index contributed by atoms with van der Waals surface area (Å²) in [7, 11) is 0. The molecule has 1 atom stereocenters. The summed E-state index contributed by atoms with van der Waals surface area (Å²) in [5.74, 6) is 0.0588. The van der Waals surface area contributed by atoms with Gasteiger partial charge in [0.25, 0.3) is 5.56 Å². The van der Waals surface area contributed by atoms with Crippen molar-refractivity contribution in [1.29, 1.82) is 5.26 Å². The SMILES string of the molecule is N#Cc1cccn(CC(O)CCl)c1=O. The number of nitriles is 1. The number of aliphatic hydroxyl groups excluding tert-OH is 1. The lowest BCUT2D eigenvalue weighted by molar-refractivity contribution is 0.175. The zero-order chi connectivity index (χ0) is 10.6. The van der Waals surface area contributed by atoms with Crippen molar-refractivity contribution in [1.82, 2.24) is 4.57 Å². The van der Waals surface area contributed by atoms with Crippen LogP contribution in [0.5, 0.6) is 0 Å². The third kappa shape index (κ3) is 2.34. The van der Waals surface area contributed by atoms with Crippen molar-refractivity contribution >= 4 is 11.6 Å². The minimum Gasteiger partial charge on any atom is -0.390 e. The maximum Gasteiger partial charge on any atom is 0.268 e. The van der Waals surface area contributed by atoms with Crippen molar-refractivity contribution < 1.29 is 5.11 Å². The first kappa shape index (κ1) is 10.8. The van der Waals surface area contributed by atoms with Crippen LogP contribution in [0.2, 0.25) is 0 Å². The Morgan fingerprint density at radius 2 is 2.43 bits per heavy atom. The summed E-state index contributed by atoms with van der Waals surface area (Å²) in [6, 6.07) is 4.80. The minimum atomic E-state index is -0.775. The number of hydrogen-bond donors (Lipinski definition) is 1. The van der Waals surface area contributed by atoms with E-state index >= 15 is 0 Å². The smallest absolute Gasteiger partial charge is 0.268 e. The number of nitrogens with zero attached hydrogens (tertiary/aromatic N) is 2. The van der Waals surface area contributed by atoms with Gasteiger partial charge in [-0.25, -0.2) is 0 Å². The maximum absolute atomic E-state index is 11.4. The van der Waals surface area contributed by atoms with Gasteiger partial charge in [0.2, 0.25) is 0 Å². The van der Waals surface area contributed by atoms with Crippen LogP contribution < -0.4 is 5.56 Å². The van der Waals surface area contributed by atoms with Gasteiger partial charge in [-0.3, -0.25) is 4.79 Å². The number of hydrogen-bond acceptors (Lipinski definition) is 3. The third-order valence-electron chi connectivity index (χ3n) is 1.73. The Balaban J connectivity index is 3.00. The second-order valence-corrected chi connectivity index (χ2v) is 3.11. The molecule has 1 unspecified atom stereocenters. The van der Waals surface area contributed by atoms with Gasteiger partial charge in [0.1, 0.15) is 11.6 Å². The summed E-state index contributed by atoms with van der Waals surface area (Å²) in [6.45, 7) is 0.109. The Labute approximate surface area is 86.0 Å². The molecule has 0 fully saturated rings. The van der Waals surface area contributed by atoms with Gasteiger partial charge in [-0.05, 0) is 12.1 Å². The molecule has 1 N–H and O–H groups in total. The van der Waals surface area contributed by atoms with Crippen molar-refractivity contribution in [2.75, 3.05) is 5.88 Å². The van der Waals surface area contributed by atoms with Gasteiger partial charge >= 0.3 is 0 Å². The first-order valence-electron chi connectivity index (χ1n) is 4.02. The Kier molecular flexibility index (Phi) is 3.69. The Morgan fingerprint density at radius 3 is 3.00 bits per heavy atom. The van der Waals surface area contributed by atoms with Crippen LogP contribution >= 0.6 is 11.6 Å². The Hall–Kier alpha value is -1.31. The molecule has 14 heavy (non-hydrogen) atoms. The summed E-state index contributed by atoms with van der Waals surface area (Å²) in [6.07, 6.45) is 0.738. The first-order chi connectivity index (χ1) is 6.69. The van der Waals surface area contributed by atoms with E-state index in [9.17, 15) is 9.90 Å². The van der Waals surface area contributed by atoms with E-state index in [-0.39, 0.29) is 18.0 Å². The van der Waals surface area contributed by atoms with Gasteiger partial charge < -0.3 is 9.67 Å². The molecule has 0 spiro atoms. The monoisotopic (exact) mass is 212 g/mol. The van der Waals surface area contributed by atoms with Crippen molar-refractivity contribution in [3.63, 3.8) is 0 Å². The van der Waals surface area contributed by atoms with E-state index in [1.54, 1.807) is 12.1 Å². The van der Waals surface area contributed by atoms with Crippen LogP contribution in [0.15, 0.2) is 23.1 Å². The van der Waals surface area contributed by atoms with Crippen LogP contribution in [0.4, 0.5) is 0 Å². The summed E-state index contributed by atoms with van der Waals surface area (Å²) >= 11 is 5.40. The van der Waals surface area contributed by atoms with Crippen molar-refractivity contribution in [2.45, 2.75) is 12.6 Å². The fourth-order valence-electron chi connectivity index (χ4n) is 1.04. The van der Waals surface area contributed by atoms with Gasteiger partial charge in [-0.2, -0.15) is 5.26 Å². The summed E-state index contributed by atoms with van der Waals surface area (Å²) in [5.41, 5.74) is -0.339. The van der Waals surface area contributed by atoms with E-state index in [1.165, 1.54) is 16.8 Å². The van der Waals surface area contributed by atoms with E-state index < -0.39 is 11.7 Å². The zero-order valence-corrected chi connectivity index (χ0v) is 8.11. The Morgan fingerprint density at radius 1 is 1.71 bits per heavy atom. The number of aromatic nitrogens is 1. The molecular formula is C9H9ClN2O2. The predicted octanol–water partition coefficient (Wildman–Crippen LogP) is 0.320. The number of pyridine rings is 1. The highest BCUT2D eigenvalue weighted by Gasteiger charge is 2.06. The maximum atomic E-state index is 11.4. The molecule has 0 aliphatic rings. The fourth-order valence-corrected chi connectivity index (χ4v) is 1.14. The molecule has 1 heterocycles. The highest BCUT2D eigenvalue weighted by atomic mass is 35.5. The number of aliphatic hydroxyl groups is 1. The molecule has 0 saturated carbocycles. The predicted molar refractivity (Wildman–Crippen MR) is 52.1 cm³/mol. The van der Waals surface area contributed by atoms with Crippen LogP contribution in [0, 0.1) is 11.3 Å². The molecule has 0 amide bonds. The normalized spacial score (nSPS) is 12.1. The van der Waals surface area contributed by atoms with E-state index in [4.69, 9.17) is 16.9 Å². The highest BCUT2D eigenvalue weighted by Crippen LogP contribution is 1.94. The molecule has 74 valence electrons. The molecule has 0 saturated heterocycles. The topological polar surface area (TPSA) is 66.0 Å². The largest absolute Gasteiger partial charge is 0.390 e. The number of rotatable bonds is 3. The number of alkyl halides is 1. The third-order valence-corrected chi connectivity index (χ3v) is 2.08. The minimum absolute atomic E-state index is 0.0588. The first-order valence-corrected chi connectivity index (χ1v) is 4.56. The zero-order valence-electron chi connectivity index (χ0n) is 7.35. The molecule has 0 aromatic carbocycles. The average molecular weight is 213 g/mol. The van der Waals surface area contributed by atoms with E-state index in [0.717, 1.165) is 0 Å². The van der Waals surface area contributed by atoms with Crippen LogP contribution in [0.1, 0.15) is 5.56 Å². The van der Waals surface area contributed by atoms with Crippen molar-refractivity contribution in [2.24, 2.45) is 0 Å². The second-order valence-electron chi connectivity index (χ2n) is 2.80. The van der Waals surface area contributed by atoms with Crippen LogP contribution in [0.3, 0.4) is 0 Å². The molecule has 5 heteroatoms. The summed E-state index contributed by atoms with van der Waals surface area (Å²) in [4.78, 5) is 11.4. The average Bonchev–Trinajstić information content (AvgIpc) is 2.21. The van der Waals surface area contributed by atoms with Crippen molar-refractivity contribution in [3.05, 3.63) is 34.2 Å². The van der Waals surface area contributed by atoms with Gasteiger partial charge in [0.15, 0.2) is 0 Å². The second kappa shape index (κ2) is 4.80. The molecule has 1 aromatic heterocycles. The van der Waals surface area contributed by atoms with E-state index in [1.807, 2.05) is 0 Å². The fraction of sp³-hybridized carbons (Fsp3) is 0.333. The standard InChI is InChI=1S/C9H9ClN2O2/c10-4-8(13)6-12-3-1-2-7(5-11)9(12)14/h1-3,8,13H,4,6H2. The quantitative estimate of drug-likeness (QED) is 0.734. The van der Waals surface area contributed by atoms with Crippen LogP contribution in [0.25, 0.3) is 0 Å². The molecule has 1 aromatic rings. The van der Waals surface area contributed by atoms with Gasteiger partial charge in [-0.1, -0.05) is 0 Å². The lowest BCUT2D eigenvalue weighted by Crippen LogP contribution is -2.28. The lowest BCUT2D eigenvalue weighted by Gasteiger charge is -2.08. The highest BCUT2D eigenvalue weighted by molar-refractivity contribution is 6.18. The van der Waals surface area contributed by atoms with Crippen LogP contribution in [-0.4, -0.2) is 21.7 Å². The molecule has 4 nitrogen and oxygen atoms in total. The molecule has 0 aliphatic heterocycles. The summed E-state index contributed by atoms with van der Waals surface area (Å²) < 4.78 is 1.27. The molecular weight excluding hydrogens is 204 g/mol. The Bertz CT molecular complexity index is 408. The molecule has 0 radical (unpaired) electrons.